The maximum absolute atomic E-state index is 5.70. The molecule has 1 aromatic carbocycles. The van der Waals surface area contributed by atoms with Crippen molar-refractivity contribution in [3.8, 4) is 0 Å². The van der Waals surface area contributed by atoms with Crippen molar-refractivity contribution in [2.75, 3.05) is 6.54 Å². The van der Waals surface area contributed by atoms with Crippen LogP contribution in [0.25, 0.3) is 0 Å². The van der Waals surface area contributed by atoms with Gasteiger partial charge in [-0.25, -0.2) is 0 Å². The van der Waals surface area contributed by atoms with E-state index in [0.29, 0.717) is 5.22 Å². The molecule has 1 fully saturated rings. The summed E-state index contributed by atoms with van der Waals surface area (Å²) in [6, 6.07) is 8.73. The number of nitrogens with zero attached hydrogens (tertiary/aromatic N) is 2. The van der Waals surface area contributed by atoms with Crippen LogP contribution in [0.5, 0.6) is 0 Å². The number of aromatic nitrogens is 2. The number of rotatable bonds is 4. The summed E-state index contributed by atoms with van der Waals surface area (Å²) in [6.07, 6.45) is 2.27. The second-order valence-corrected chi connectivity index (χ2v) is 5.76. The van der Waals surface area contributed by atoms with Crippen LogP contribution in [0.1, 0.15) is 35.9 Å². The van der Waals surface area contributed by atoms with Crippen molar-refractivity contribution in [2.24, 2.45) is 0 Å². The van der Waals surface area contributed by atoms with Crippen LogP contribution in [0.2, 0.25) is 0 Å². The van der Waals surface area contributed by atoms with Crippen LogP contribution in [0.15, 0.2) is 33.9 Å². The predicted molar refractivity (Wildman–Crippen MR) is 75.0 cm³/mol. The topological polar surface area (TPSA) is 51.0 Å². The minimum atomic E-state index is 0.251. The summed E-state index contributed by atoms with van der Waals surface area (Å²) in [5.74, 6) is 1.59. The molecule has 3 rings (SSSR count). The molecule has 0 radical (unpaired) electrons. The molecule has 1 aliphatic rings. The van der Waals surface area contributed by atoms with E-state index in [0.717, 1.165) is 24.6 Å². The van der Waals surface area contributed by atoms with Crippen molar-refractivity contribution in [1.29, 1.82) is 0 Å². The summed E-state index contributed by atoms with van der Waals surface area (Å²) >= 11 is 1.59. The Kier molecular flexibility index (Phi) is 3.84. The molecule has 1 aliphatic heterocycles. The highest BCUT2D eigenvalue weighted by Crippen LogP contribution is 2.26. The molecule has 5 heteroatoms. The summed E-state index contributed by atoms with van der Waals surface area (Å²) in [5.41, 5.74) is 2.56. The van der Waals surface area contributed by atoms with Crippen LogP contribution >= 0.6 is 11.8 Å². The van der Waals surface area contributed by atoms with Gasteiger partial charge in [-0.15, -0.1) is 10.2 Å². The first-order valence-electron chi connectivity index (χ1n) is 6.56. The Morgan fingerprint density at radius 3 is 3.16 bits per heavy atom. The van der Waals surface area contributed by atoms with Gasteiger partial charge in [-0.3, -0.25) is 0 Å². The molecule has 0 amide bonds. The zero-order valence-electron chi connectivity index (χ0n) is 10.9. The number of benzene rings is 1. The normalized spacial score (nSPS) is 18.9. The summed E-state index contributed by atoms with van der Waals surface area (Å²) < 4.78 is 5.70. The Hall–Kier alpha value is -1.33. The van der Waals surface area contributed by atoms with Crippen molar-refractivity contribution in [1.82, 2.24) is 15.5 Å². The molecular formula is C14H17N3OS. The Morgan fingerprint density at radius 2 is 2.37 bits per heavy atom. The fourth-order valence-corrected chi connectivity index (χ4v) is 2.97. The van der Waals surface area contributed by atoms with E-state index in [4.69, 9.17) is 4.42 Å². The molecule has 100 valence electrons. The van der Waals surface area contributed by atoms with Crippen LogP contribution in [0, 0.1) is 6.92 Å². The number of nitrogens with one attached hydrogen (secondary N) is 1. The Labute approximate surface area is 117 Å². The van der Waals surface area contributed by atoms with Crippen molar-refractivity contribution in [3.05, 3.63) is 41.3 Å². The van der Waals surface area contributed by atoms with E-state index in [1.807, 2.05) is 0 Å². The lowest BCUT2D eigenvalue weighted by atomic mass is 10.2. The Bertz CT molecular complexity index is 549. The largest absolute Gasteiger partial charge is 0.414 e. The molecule has 4 nitrogen and oxygen atoms in total. The molecule has 1 saturated heterocycles. The Morgan fingerprint density at radius 1 is 1.42 bits per heavy atom. The number of thioether (sulfide) groups is 1. The SMILES string of the molecule is Cc1cccc(CSc2nnc([C@H]3CCCN3)o2)c1. The van der Waals surface area contributed by atoms with E-state index in [1.165, 1.54) is 17.5 Å². The fraction of sp³-hybridized carbons (Fsp3) is 0.429. The molecular weight excluding hydrogens is 258 g/mol. The average Bonchev–Trinajstić information content (AvgIpc) is 3.07. The second-order valence-electron chi connectivity index (χ2n) is 4.83. The molecule has 0 aliphatic carbocycles. The van der Waals surface area contributed by atoms with E-state index in [1.54, 1.807) is 11.8 Å². The molecule has 0 unspecified atom stereocenters. The van der Waals surface area contributed by atoms with Gasteiger partial charge in [0.15, 0.2) is 0 Å². The van der Waals surface area contributed by atoms with Crippen LogP contribution in [-0.4, -0.2) is 16.7 Å². The van der Waals surface area contributed by atoms with E-state index >= 15 is 0 Å². The highest BCUT2D eigenvalue weighted by molar-refractivity contribution is 7.98. The van der Waals surface area contributed by atoms with E-state index < -0.39 is 0 Å². The standard InChI is InChI=1S/C14H17N3OS/c1-10-4-2-5-11(8-10)9-19-14-17-16-13(18-14)12-6-3-7-15-12/h2,4-5,8,12,15H,3,6-7,9H2,1H3/t12-/m1/s1. The summed E-state index contributed by atoms with van der Waals surface area (Å²) in [5, 5.41) is 12.3. The molecule has 19 heavy (non-hydrogen) atoms. The van der Waals surface area contributed by atoms with Gasteiger partial charge in [-0.05, 0) is 31.9 Å². The quantitative estimate of drug-likeness (QED) is 0.869. The predicted octanol–water partition coefficient (Wildman–Crippen LogP) is 3.09. The van der Waals surface area contributed by atoms with Gasteiger partial charge in [0.1, 0.15) is 0 Å². The minimum Gasteiger partial charge on any atom is -0.414 e. The van der Waals surface area contributed by atoms with E-state index in [9.17, 15) is 0 Å². The summed E-state index contributed by atoms with van der Waals surface area (Å²) in [4.78, 5) is 0. The monoisotopic (exact) mass is 275 g/mol. The first-order chi connectivity index (χ1) is 9.31. The van der Waals surface area contributed by atoms with Crippen LogP contribution < -0.4 is 5.32 Å². The van der Waals surface area contributed by atoms with Crippen molar-refractivity contribution in [3.63, 3.8) is 0 Å². The van der Waals surface area contributed by atoms with E-state index in [2.05, 4.69) is 46.7 Å². The summed E-state index contributed by atoms with van der Waals surface area (Å²) in [6.45, 7) is 3.14. The molecule has 2 aromatic rings. The van der Waals surface area contributed by atoms with Gasteiger partial charge in [0, 0.05) is 5.75 Å². The van der Waals surface area contributed by atoms with Gasteiger partial charge < -0.3 is 9.73 Å². The third kappa shape index (κ3) is 3.16. The zero-order chi connectivity index (χ0) is 13.1. The lowest BCUT2D eigenvalue weighted by Gasteiger charge is -2.02. The van der Waals surface area contributed by atoms with Crippen molar-refractivity contribution >= 4 is 11.8 Å². The van der Waals surface area contributed by atoms with E-state index in [-0.39, 0.29) is 6.04 Å². The molecule has 0 bridgehead atoms. The average molecular weight is 275 g/mol. The van der Waals surface area contributed by atoms with Gasteiger partial charge in [0.25, 0.3) is 5.22 Å². The van der Waals surface area contributed by atoms with Crippen LogP contribution in [0.4, 0.5) is 0 Å². The zero-order valence-corrected chi connectivity index (χ0v) is 11.7. The molecule has 2 heterocycles. The van der Waals surface area contributed by atoms with Gasteiger partial charge in [0.05, 0.1) is 6.04 Å². The molecule has 1 atom stereocenters. The molecule has 0 spiro atoms. The molecule has 1 aromatic heterocycles. The highest BCUT2D eigenvalue weighted by Gasteiger charge is 2.22. The molecule has 0 saturated carbocycles. The van der Waals surface area contributed by atoms with Gasteiger partial charge in [-0.2, -0.15) is 0 Å². The van der Waals surface area contributed by atoms with Crippen molar-refractivity contribution in [2.45, 2.75) is 36.8 Å². The Balaban J connectivity index is 1.61. The first-order valence-corrected chi connectivity index (χ1v) is 7.55. The lowest BCUT2D eigenvalue weighted by Crippen LogP contribution is -2.12. The third-order valence-corrected chi connectivity index (χ3v) is 4.11. The first kappa shape index (κ1) is 12.7. The lowest BCUT2D eigenvalue weighted by molar-refractivity contribution is 0.374. The fourth-order valence-electron chi connectivity index (χ4n) is 2.26. The number of hydrogen-bond donors (Lipinski definition) is 1. The number of hydrogen-bond acceptors (Lipinski definition) is 5. The minimum absolute atomic E-state index is 0.251. The smallest absolute Gasteiger partial charge is 0.276 e. The van der Waals surface area contributed by atoms with Gasteiger partial charge in [-0.1, -0.05) is 41.6 Å². The maximum atomic E-state index is 5.70. The number of aryl methyl sites for hydroxylation is 1. The highest BCUT2D eigenvalue weighted by atomic mass is 32.2. The van der Waals surface area contributed by atoms with Crippen molar-refractivity contribution < 1.29 is 4.42 Å². The van der Waals surface area contributed by atoms with Gasteiger partial charge in [0.2, 0.25) is 5.89 Å². The second kappa shape index (κ2) is 5.75. The molecule has 1 N–H and O–H groups in total. The summed E-state index contributed by atoms with van der Waals surface area (Å²) in [7, 11) is 0. The van der Waals surface area contributed by atoms with Crippen LogP contribution in [-0.2, 0) is 5.75 Å². The van der Waals surface area contributed by atoms with Gasteiger partial charge >= 0.3 is 0 Å². The van der Waals surface area contributed by atoms with Crippen LogP contribution in [0.3, 0.4) is 0 Å². The maximum Gasteiger partial charge on any atom is 0.276 e. The third-order valence-electron chi connectivity index (χ3n) is 3.23.